The number of anilines is 2. The number of fused-ring (bicyclic) bond motifs is 1. The Balaban J connectivity index is 1.42. The average Bonchev–Trinajstić information content (AvgIpc) is 2.75. The first-order valence-corrected chi connectivity index (χ1v) is 10.6. The Morgan fingerprint density at radius 3 is 2.67 bits per heavy atom. The van der Waals surface area contributed by atoms with E-state index in [0.29, 0.717) is 18.0 Å². The van der Waals surface area contributed by atoms with E-state index in [2.05, 4.69) is 10.6 Å². The van der Waals surface area contributed by atoms with Crippen LogP contribution in [-0.2, 0) is 16.2 Å². The van der Waals surface area contributed by atoms with E-state index in [9.17, 15) is 9.59 Å². The quantitative estimate of drug-likeness (QED) is 0.590. The minimum absolute atomic E-state index is 0.0802. The molecule has 30 heavy (non-hydrogen) atoms. The summed E-state index contributed by atoms with van der Waals surface area (Å²) in [5.41, 5.74) is 3.47. The van der Waals surface area contributed by atoms with Gasteiger partial charge < -0.3 is 15.4 Å². The number of benzene rings is 3. The smallest absolute Gasteiger partial charge is 0.238 e. The zero-order valence-electron chi connectivity index (χ0n) is 16.6. The SMILES string of the molecule is Cc1ccc(NC(=O)CC2Sc3ccccc3NC2=O)c(OCc2ccccc2)c1. The van der Waals surface area contributed by atoms with Crippen LogP contribution in [0.4, 0.5) is 11.4 Å². The Hall–Kier alpha value is -3.25. The Morgan fingerprint density at radius 2 is 1.83 bits per heavy atom. The monoisotopic (exact) mass is 418 g/mol. The average molecular weight is 419 g/mol. The number of ether oxygens (including phenoxy) is 1. The maximum atomic E-state index is 12.7. The Labute approximate surface area is 179 Å². The van der Waals surface area contributed by atoms with Gasteiger partial charge in [-0.2, -0.15) is 0 Å². The zero-order valence-corrected chi connectivity index (χ0v) is 17.4. The van der Waals surface area contributed by atoms with Crippen LogP contribution in [0.15, 0.2) is 77.7 Å². The standard InChI is InChI=1S/C24H22N2O3S/c1-16-11-12-18(20(13-16)29-15-17-7-3-2-4-8-17)25-23(27)14-22-24(28)26-19-9-5-6-10-21(19)30-22/h2-13,22H,14-15H2,1H3,(H,25,27)(H,26,28). The normalized spacial score (nSPS) is 15.1. The molecule has 0 fully saturated rings. The number of amides is 2. The number of nitrogens with one attached hydrogen (secondary N) is 2. The first kappa shape index (κ1) is 20.0. The molecule has 0 radical (unpaired) electrons. The molecular weight excluding hydrogens is 396 g/mol. The van der Waals surface area contributed by atoms with E-state index in [1.165, 1.54) is 11.8 Å². The van der Waals surface area contributed by atoms with Crippen molar-refractivity contribution in [1.82, 2.24) is 0 Å². The summed E-state index contributed by atoms with van der Waals surface area (Å²) in [6.07, 6.45) is 0.0802. The number of para-hydroxylation sites is 1. The number of rotatable bonds is 6. The van der Waals surface area contributed by atoms with Crippen molar-refractivity contribution in [3.05, 3.63) is 83.9 Å². The molecule has 0 aromatic heterocycles. The van der Waals surface area contributed by atoms with Gasteiger partial charge >= 0.3 is 0 Å². The molecule has 0 saturated carbocycles. The van der Waals surface area contributed by atoms with E-state index in [0.717, 1.165) is 21.7 Å². The lowest BCUT2D eigenvalue weighted by molar-refractivity contribution is -0.120. The summed E-state index contributed by atoms with van der Waals surface area (Å²) >= 11 is 1.41. The highest BCUT2D eigenvalue weighted by molar-refractivity contribution is 8.01. The van der Waals surface area contributed by atoms with E-state index in [1.54, 1.807) is 0 Å². The van der Waals surface area contributed by atoms with Gasteiger partial charge in [0.25, 0.3) is 0 Å². The molecule has 0 spiro atoms. The lowest BCUT2D eigenvalue weighted by Gasteiger charge is -2.23. The Bertz CT molecular complexity index is 1070. The van der Waals surface area contributed by atoms with Gasteiger partial charge in [-0.15, -0.1) is 11.8 Å². The highest BCUT2D eigenvalue weighted by Gasteiger charge is 2.29. The van der Waals surface area contributed by atoms with Crippen molar-refractivity contribution >= 4 is 35.0 Å². The van der Waals surface area contributed by atoms with Gasteiger partial charge in [-0.1, -0.05) is 48.5 Å². The fraction of sp³-hybridized carbons (Fsp3) is 0.167. The van der Waals surface area contributed by atoms with E-state index in [1.807, 2.05) is 79.7 Å². The molecule has 1 aliphatic rings. The van der Waals surface area contributed by atoms with Crippen LogP contribution < -0.4 is 15.4 Å². The summed E-state index contributed by atoms with van der Waals surface area (Å²) in [5, 5.41) is 5.31. The summed E-state index contributed by atoms with van der Waals surface area (Å²) < 4.78 is 5.96. The van der Waals surface area contributed by atoms with Crippen LogP contribution in [0.1, 0.15) is 17.5 Å². The largest absolute Gasteiger partial charge is 0.487 e. The summed E-state index contributed by atoms with van der Waals surface area (Å²) in [7, 11) is 0. The van der Waals surface area contributed by atoms with Crippen LogP contribution in [0.3, 0.4) is 0 Å². The molecule has 3 aromatic carbocycles. The molecule has 1 unspecified atom stereocenters. The van der Waals surface area contributed by atoms with E-state index >= 15 is 0 Å². The Morgan fingerprint density at radius 1 is 1.07 bits per heavy atom. The van der Waals surface area contributed by atoms with Crippen LogP contribution in [0.2, 0.25) is 0 Å². The summed E-state index contributed by atoms with van der Waals surface area (Å²) in [6.45, 7) is 2.38. The number of hydrogen-bond donors (Lipinski definition) is 2. The maximum absolute atomic E-state index is 12.7. The molecule has 6 heteroatoms. The maximum Gasteiger partial charge on any atom is 0.238 e. The highest BCUT2D eigenvalue weighted by atomic mass is 32.2. The predicted octanol–water partition coefficient (Wildman–Crippen LogP) is 5.02. The number of hydrogen-bond acceptors (Lipinski definition) is 4. The minimum atomic E-state index is -0.473. The lowest BCUT2D eigenvalue weighted by atomic mass is 10.2. The van der Waals surface area contributed by atoms with Gasteiger partial charge in [-0.25, -0.2) is 0 Å². The number of carbonyl (C=O) groups is 2. The molecule has 2 amide bonds. The van der Waals surface area contributed by atoms with Crippen molar-refractivity contribution in [3.63, 3.8) is 0 Å². The van der Waals surface area contributed by atoms with Gasteiger partial charge in [-0.05, 0) is 42.3 Å². The first-order valence-electron chi connectivity index (χ1n) is 9.72. The van der Waals surface area contributed by atoms with E-state index < -0.39 is 5.25 Å². The van der Waals surface area contributed by atoms with Crippen LogP contribution in [0, 0.1) is 6.92 Å². The molecule has 0 aliphatic carbocycles. The van der Waals surface area contributed by atoms with Crippen molar-refractivity contribution in [1.29, 1.82) is 0 Å². The molecule has 1 heterocycles. The zero-order chi connectivity index (χ0) is 20.9. The second kappa shape index (κ2) is 9.05. The number of thioether (sulfide) groups is 1. The molecule has 5 nitrogen and oxygen atoms in total. The molecular formula is C24H22N2O3S. The molecule has 1 aliphatic heterocycles. The van der Waals surface area contributed by atoms with Crippen LogP contribution in [-0.4, -0.2) is 17.1 Å². The fourth-order valence-electron chi connectivity index (χ4n) is 3.18. The first-order chi connectivity index (χ1) is 14.6. The van der Waals surface area contributed by atoms with Gasteiger partial charge in [0.05, 0.1) is 16.6 Å². The second-order valence-electron chi connectivity index (χ2n) is 7.12. The van der Waals surface area contributed by atoms with Crippen molar-refractivity contribution < 1.29 is 14.3 Å². The van der Waals surface area contributed by atoms with Gasteiger partial charge in [0.15, 0.2) is 0 Å². The predicted molar refractivity (Wildman–Crippen MR) is 120 cm³/mol. The third kappa shape index (κ3) is 4.83. The summed E-state index contributed by atoms with van der Waals surface area (Å²) in [6, 6.07) is 23.1. The number of carbonyl (C=O) groups excluding carboxylic acids is 2. The molecule has 152 valence electrons. The van der Waals surface area contributed by atoms with Gasteiger partial charge in [-0.3, -0.25) is 9.59 Å². The van der Waals surface area contributed by atoms with E-state index in [4.69, 9.17) is 4.74 Å². The Kier molecular flexibility index (Phi) is 6.05. The molecule has 0 saturated heterocycles. The topological polar surface area (TPSA) is 67.4 Å². The molecule has 4 rings (SSSR count). The van der Waals surface area contributed by atoms with Gasteiger partial charge in [0, 0.05) is 11.3 Å². The number of aryl methyl sites for hydroxylation is 1. The van der Waals surface area contributed by atoms with Crippen molar-refractivity contribution in [2.75, 3.05) is 10.6 Å². The van der Waals surface area contributed by atoms with E-state index in [-0.39, 0.29) is 18.2 Å². The van der Waals surface area contributed by atoms with Gasteiger partial charge in [0.1, 0.15) is 12.4 Å². The molecule has 1 atom stereocenters. The van der Waals surface area contributed by atoms with Gasteiger partial charge in [0.2, 0.25) is 11.8 Å². The lowest BCUT2D eigenvalue weighted by Crippen LogP contribution is -2.32. The third-order valence-corrected chi connectivity index (χ3v) is 6.00. The van der Waals surface area contributed by atoms with Crippen LogP contribution in [0.5, 0.6) is 5.75 Å². The summed E-state index contributed by atoms with van der Waals surface area (Å²) in [5.74, 6) is 0.229. The van der Waals surface area contributed by atoms with Crippen LogP contribution in [0.25, 0.3) is 0 Å². The second-order valence-corrected chi connectivity index (χ2v) is 8.36. The molecule has 0 bridgehead atoms. The fourth-order valence-corrected chi connectivity index (χ4v) is 4.29. The van der Waals surface area contributed by atoms with Crippen molar-refractivity contribution in [3.8, 4) is 5.75 Å². The highest BCUT2D eigenvalue weighted by Crippen LogP contribution is 2.37. The van der Waals surface area contributed by atoms with Crippen LogP contribution >= 0.6 is 11.8 Å². The minimum Gasteiger partial charge on any atom is -0.487 e. The summed E-state index contributed by atoms with van der Waals surface area (Å²) in [4.78, 5) is 26.0. The van der Waals surface area contributed by atoms with Crippen molar-refractivity contribution in [2.24, 2.45) is 0 Å². The third-order valence-electron chi connectivity index (χ3n) is 4.73. The molecule has 3 aromatic rings. The molecule has 2 N–H and O–H groups in total. The van der Waals surface area contributed by atoms with Crippen molar-refractivity contribution in [2.45, 2.75) is 30.1 Å².